The minimum atomic E-state index is -1.44. The molecule has 1 aromatic rings. The first-order chi connectivity index (χ1) is 7.30. The molecule has 0 fully saturated rings. The fourth-order valence-corrected chi connectivity index (χ4v) is 1.86. The molecule has 0 aliphatic heterocycles. The van der Waals surface area contributed by atoms with E-state index in [1.165, 1.54) is 12.6 Å². The van der Waals surface area contributed by atoms with Gasteiger partial charge in [0.05, 0.1) is 0 Å². The monoisotopic (exact) mass is 241 g/mol. The van der Waals surface area contributed by atoms with Gasteiger partial charge < -0.3 is 0 Å². The Hall–Kier alpha value is -1.03. The maximum absolute atomic E-state index is 12.3. The Bertz CT molecular complexity index is 370. The van der Waals surface area contributed by atoms with E-state index in [4.69, 9.17) is 0 Å². The second kappa shape index (κ2) is 4.87. The van der Waals surface area contributed by atoms with Gasteiger partial charge in [-0.2, -0.15) is 0 Å². The van der Waals surface area contributed by atoms with E-state index in [1.54, 1.807) is 0 Å². The summed E-state index contributed by atoms with van der Waals surface area (Å²) in [7, 11) is 1.41. The van der Waals surface area contributed by atoms with Crippen LogP contribution in [-0.4, -0.2) is 17.5 Å². The second-order valence-corrected chi connectivity index (χ2v) is 5.82. The molecule has 0 radical (unpaired) electrons. The van der Waals surface area contributed by atoms with Gasteiger partial charge in [-0.05, 0) is 35.1 Å². The predicted octanol–water partition coefficient (Wildman–Crippen LogP) is 4.01. The van der Waals surface area contributed by atoms with E-state index in [0.29, 0.717) is 0 Å². The number of hydrogen-bond acceptors (Lipinski definition) is 2. The van der Waals surface area contributed by atoms with Gasteiger partial charge >= 0.3 is 6.16 Å². The topological polar surface area (TPSA) is 20.3 Å². The van der Waals surface area contributed by atoms with Crippen molar-refractivity contribution >= 4 is 18.1 Å². The summed E-state index contributed by atoms with van der Waals surface area (Å²) >= 11 is 1.08. The van der Waals surface area contributed by atoms with Crippen molar-refractivity contribution in [2.24, 2.45) is 0 Å². The number of nitrogens with zero attached hydrogens (tertiary/aromatic N) is 1. The molecule has 2 nitrogen and oxygen atoms in total. The Morgan fingerprint density at radius 3 is 2.12 bits per heavy atom. The molecule has 0 unspecified atom stereocenters. The molecule has 88 valence electrons. The number of amides is 1. The van der Waals surface area contributed by atoms with Crippen LogP contribution >= 0.6 is 11.9 Å². The molecule has 0 saturated carbocycles. The number of benzene rings is 1. The molecule has 0 aliphatic carbocycles. The Balaban J connectivity index is 2.76. The van der Waals surface area contributed by atoms with E-state index in [1.807, 2.05) is 24.3 Å². The third-order valence-corrected chi connectivity index (χ3v) is 3.11. The summed E-state index contributed by atoms with van der Waals surface area (Å²) in [5.41, 5.74) is 1.32. The third kappa shape index (κ3) is 3.52. The lowest BCUT2D eigenvalue weighted by Gasteiger charge is -2.19. The van der Waals surface area contributed by atoms with Crippen molar-refractivity contribution in [3.8, 4) is 0 Å². The van der Waals surface area contributed by atoms with Crippen LogP contribution in [0.1, 0.15) is 26.3 Å². The van der Waals surface area contributed by atoms with E-state index in [2.05, 4.69) is 20.8 Å². The summed E-state index contributed by atoms with van der Waals surface area (Å²) in [5, 5.41) is 0. The molecule has 0 N–H and O–H groups in total. The first-order valence-electron chi connectivity index (χ1n) is 5.02. The first kappa shape index (κ1) is 13.0. The van der Waals surface area contributed by atoms with E-state index < -0.39 is 6.16 Å². The van der Waals surface area contributed by atoms with Crippen LogP contribution in [-0.2, 0) is 5.41 Å². The van der Waals surface area contributed by atoms with E-state index in [9.17, 15) is 9.18 Å². The molecule has 1 aromatic carbocycles. The van der Waals surface area contributed by atoms with Crippen molar-refractivity contribution in [3.63, 3.8) is 0 Å². The minimum absolute atomic E-state index is 0.102. The van der Waals surface area contributed by atoms with Crippen LogP contribution in [0.2, 0.25) is 0 Å². The fraction of sp³-hybridized carbons (Fsp3) is 0.417. The predicted molar refractivity (Wildman–Crippen MR) is 65.3 cm³/mol. The molecule has 0 saturated heterocycles. The molecule has 4 heteroatoms. The normalized spacial score (nSPS) is 11.3. The van der Waals surface area contributed by atoms with Crippen molar-refractivity contribution in [1.82, 2.24) is 4.31 Å². The number of rotatable bonds is 2. The maximum Gasteiger partial charge on any atom is 0.410 e. The number of carbonyl (C=O) groups is 1. The Morgan fingerprint density at radius 1 is 1.25 bits per heavy atom. The van der Waals surface area contributed by atoms with Gasteiger partial charge in [-0.1, -0.05) is 32.9 Å². The van der Waals surface area contributed by atoms with Crippen LogP contribution in [0.5, 0.6) is 0 Å². The Labute approximate surface area is 100.0 Å². The smallest absolute Gasteiger partial charge is 0.257 e. The summed E-state index contributed by atoms with van der Waals surface area (Å²) < 4.78 is 13.3. The highest BCUT2D eigenvalue weighted by molar-refractivity contribution is 7.97. The van der Waals surface area contributed by atoms with E-state index >= 15 is 0 Å². The summed E-state index contributed by atoms with van der Waals surface area (Å²) in [6.45, 7) is 6.39. The summed E-state index contributed by atoms with van der Waals surface area (Å²) in [5.74, 6) is 0. The zero-order valence-electron chi connectivity index (χ0n) is 9.95. The highest BCUT2D eigenvalue weighted by Gasteiger charge is 2.14. The molecule has 1 amide bonds. The molecule has 0 bridgehead atoms. The number of halogens is 1. The molecule has 0 heterocycles. The lowest BCUT2D eigenvalue weighted by Crippen LogP contribution is -2.12. The quantitative estimate of drug-likeness (QED) is 0.443. The third-order valence-electron chi connectivity index (χ3n) is 2.21. The van der Waals surface area contributed by atoms with Crippen LogP contribution in [0.15, 0.2) is 29.2 Å². The van der Waals surface area contributed by atoms with E-state index in [0.717, 1.165) is 21.1 Å². The van der Waals surface area contributed by atoms with Crippen molar-refractivity contribution in [3.05, 3.63) is 29.8 Å². The summed E-state index contributed by atoms with van der Waals surface area (Å²) in [4.78, 5) is 11.3. The molecule has 0 aromatic heterocycles. The van der Waals surface area contributed by atoms with Gasteiger partial charge in [-0.25, -0.2) is 4.79 Å². The average Bonchev–Trinajstić information content (AvgIpc) is 2.17. The SMILES string of the molecule is CN(Sc1ccc(C(C)(C)C)cc1)C(=O)F. The molecule has 1 rings (SSSR count). The van der Waals surface area contributed by atoms with Crippen molar-refractivity contribution in [2.75, 3.05) is 7.05 Å². The van der Waals surface area contributed by atoms with Crippen LogP contribution in [0.25, 0.3) is 0 Å². The minimum Gasteiger partial charge on any atom is -0.257 e. The zero-order chi connectivity index (χ0) is 12.3. The molecule has 0 atom stereocenters. The van der Waals surface area contributed by atoms with Crippen LogP contribution < -0.4 is 0 Å². The van der Waals surface area contributed by atoms with Gasteiger partial charge in [0.1, 0.15) is 0 Å². The largest absolute Gasteiger partial charge is 0.410 e. The van der Waals surface area contributed by atoms with Gasteiger partial charge in [0.25, 0.3) is 0 Å². The average molecular weight is 241 g/mol. The molecular weight excluding hydrogens is 225 g/mol. The fourth-order valence-electron chi connectivity index (χ4n) is 1.21. The van der Waals surface area contributed by atoms with Gasteiger partial charge in [-0.3, -0.25) is 4.31 Å². The molecule has 0 spiro atoms. The Kier molecular flexibility index (Phi) is 3.97. The number of hydrogen-bond donors (Lipinski definition) is 0. The lowest BCUT2D eigenvalue weighted by molar-refractivity contribution is 0.209. The standard InChI is InChI=1S/C12H16FNOS/c1-12(2,3)9-5-7-10(8-6-9)16-14(4)11(13)15/h5-8H,1-4H3. The molecule has 0 aliphatic rings. The van der Waals surface area contributed by atoms with E-state index in [-0.39, 0.29) is 5.41 Å². The van der Waals surface area contributed by atoms with Gasteiger partial charge in [0, 0.05) is 11.9 Å². The highest BCUT2D eigenvalue weighted by Crippen LogP contribution is 2.26. The lowest BCUT2D eigenvalue weighted by atomic mass is 9.87. The van der Waals surface area contributed by atoms with Gasteiger partial charge in [0.15, 0.2) is 0 Å². The van der Waals surface area contributed by atoms with Crippen molar-refractivity contribution < 1.29 is 9.18 Å². The van der Waals surface area contributed by atoms with Crippen LogP contribution in [0.3, 0.4) is 0 Å². The van der Waals surface area contributed by atoms with Crippen molar-refractivity contribution in [2.45, 2.75) is 31.1 Å². The van der Waals surface area contributed by atoms with Crippen molar-refractivity contribution in [1.29, 1.82) is 0 Å². The number of carbonyl (C=O) groups excluding carboxylic acids is 1. The Morgan fingerprint density at radius 2 is 1.75 bits per heavy atom. The first-order valence-corrected chi connectivity index (χ1v) is 5.80. The van der Waals surface area contributed by atoms with Crippen LogP contribution in [0.4, 0.5) is 9.18 Å². The summed E-state index contributed by atoms with van der Waals surface area (Å²) in [6.07, 6.45) is -1.44. The van der Waals surface area contributed by atoms with Gasteiger partial charge in [-0.15, -0.1) is 4.39 Å². The maximum atomic E-state index is 12.3. The summed E-state index contributed by atoms with van der Waals surface area (Å²) in [6, 6.07) is 7.78. The van der Waals surface area contributed by atoms with Crippen LogP contribution in [0, 0.1) is 0 Å². The molecular formula is C12H16FNOS. The molecule has 16 heavy (non-hydrogen) atoms. The highest BCUT2D eigenvalue weighted by atomic mass is 32.2. The van der Waals surface area contributed by atoms with Gasteiger partial charge in [0.2, 0.25) is 0 Å². The second-order valence-electron chi connectivity index (χ2n) is 4.62. The zero-order valence-corrected chi connectivity index (χ0v) is 10.8.